The third kappa shape index (κ3) is 4.60. The van der Waals surface area contributed by atoms with E-state index in [0.29, 0.717) is 6.42 Å². The summed E-state index contributed by atoms with van der Waals surface area (Å²) in [6.45, 7) is 5.82. The third-order valence-electron chi connectivity index (χ3n) is 2.60. The monoisotopic (exact) mass is 245 g/mol. The number of amidine groups is 1. The van der Waals surface area contributed by atoms with Gasteiger partial charge in [0.25, 0.3) is 0 Å². The lowest BCUT2D eigenvalue weighted by Crippen LogP contribution is -2.46. The molecule has 1 unspecified atom stereocenters. The van der Waals surface area contributed by atoms with E-state index >= 15 is 0 Å². The van der Waals surface area contributed by atoms with Gasteiger partial charge in [0.2, 0.25) is 5.91 Å². The van der Waals surface area contributed by atoms with Gasteiger partial charge in [-0.15, -0.1) is 0 Å². The van der Waals surface area contributed by atoms with Crippen molar-refractivity contribution in [2.75, 3.05) is 13.2 Å². The maximum atomic E-state index is 12.2. The summed E-state index contributed by atoms with van der Waals surface area (Å²) in [5.41, 5.74) is 5.53. The van der Waals surface area contributed by atoms with Crippen molar-refractivity contribution in [3.63, 3.8) is 0 Å². The number of nitrogens with zero attached hydrogens (tertiary/aromatic N) is 2. The van der Waals surface area contributed by atoms with Crippen molar-refractivity contribution >= 4 is 11.7 Å². The largest absolute Gasteiger partial charge is 0.409 e. The predicted molar refractivity (Wildman–Crippen MR) is 65.7 cm³/mol. The zero-order chi connectivity index (χ0) is 13.4. The van der Waals surface area contributed by atoms with Gasteiger partial charge in [0, 0.05) is 12.6 Å². The maximum Gasteiger partial charge on any atom is 0.233 e. The molecule has 1 amide bonds. The molecule has 6 heteroatoms. The molecule has 0 radical (unpaired) electrons. The van der Waals surface area contributed by atoms with Crippen LogP contribution in [0, 0.1) is 5.92 Å². The number of amides is 1. The van der Waals surface area contributed by atoms with Crippen LogP contribution in [0.1, 0.15) is 33.6 Å². The van der Waals surface area contributed by atoms with Crippen LogP contribution < -0.4 is 5.73 Å². The highest BCUT2D eigenvalue weighted by Gasteiger charge is 2.28. The van der Waals surface area contributed by atoms with Crippen LogP contribution in [0.4, 0.5) is 0 Å². The van der Waals surface area contributed by atoms with Crippen molar-refractivity contribution in [3.05, 3.63) is 0 Å². The molecule has 0 rings (SSSR count). The molecule has 17 heavy (non-hydrogen) atoms. The highest BCUT2D eigenvalue weighted by atomic mass is 16.4. The van der Waals surface area contributed by atoms with E-state index in [1.807, 2.05) is 20.8 Å². The van der Waals surface area contributed by atoms with Gasteiger partial charge < -0.3 is 20.9 Å². The Labute approximate surface area is 102 Å². The Bertz CT molecular complexity index is 267. The van der Waals surface area contributed by atoms with Gasteiger partial charge in [-0.3, -0.25) is 4.79 Å². The van der Waals surface area contributed by atoms with Crippen molar-refractivity contribution in [2.24, 2.45) is 16.8 Å². The molecule has 100 valence electrons. The van der Waals surface area contributed by atoms with Crippen molar-refractivity contribution in [1.29, 1.82) is 0 Å². The first-order chi connectivity index (χ1) is 7.99. The SMILES string of the molecule is CCCC(C(=O)N(CCO)C(C)C)C(N)=NO. The van der Waals surface area contributed by atoms with Crippen LogP contribution in [0.25, 0.3) is 0 Å². The number of aliphatic hydroxyl groups excluding tert-OH is 1. The minimum atomic E-state index is -0.612. The number of carbonyl (C=O) groups is 1. The second kappa shape index (κ2) is 7.89. The summed E-state index contributed by atoms with van der Waals surface area (Å²) in [6, 6.07) is -0.0273. The Morgan fingerprint density at radius 2 is 2.06 bits per heavy atom. The van der Waals surface area contributed by atoms with Gasteiger partial charge in [0.05, 0.1) is 12.5 Å². The Morgan fingerprint density at radius 1 is 1.47 bits per heavy atom. The molecule has 0 heterocycles. The third-order valence-corrected chi connectivity index (χ3v) is 2.60. The normalized spacial score (nSPS) is 13.8. The van der Waals surface area contributed by atoms with Crippen molar-refractivity contribution in [2.45, 2.75) is 39.7 Å². The lowest BCUT2D eigenvalue weighted by atomic mass is 10.00. The standard InChI is InChI=1S/C11H23N3O3/c1-4-5-9(10(12)13-17)11(16)14(6-7-15)8(2)3/h8-9,15,17H,4-7H2,1-3H3,(H2,12,13). The Kier molecular flexibility index (Phi) is 7.29. The van der Waals surface area contributed by atoms with E-state index in [0.717, 1.165) is 6.42 Å². The van der Waals surface area contributed by atoms with Gasteiger partial charge in [-0.05, 0) is 20.3 Å². The van der Waals surface area contributed by atoms with Gasteiger partial charge in [-0.25, -0.2) is 0 Å². The minimum Gasteiger partial charge on any atom is -0.409 e. The van der Waals surface area contributed by atoms with Gasteiger partial charge in [-0.1, -0.05) is 18.5 Å². The molecule has 0 fully saturated rings. The highest BCUT2D eigenvalue weighted by molar-refractivity contribution is 6.02. The van der Waals surface area contributed by atoms with Crippen LogP contribution in [0.3, 0.4) is 0 Å². The molecule has 0 aromatic heterocycles. The number of carbonyl (C=O) groups excluding carboxylic acids is 1. The zero-order valence-electron chi connectivity index (χ0n) is 10.8. The van der Waals surface area contributed by atoms with Gasteiger partial charge in [0.15, 0.2) is 5.84 Å². The van der Waals surface area contributed by atoms with Crippen molar-refractivity contribution < 1.29 is 15.1 Å². The lowest BCUT2D eigenvalue weighted by molar-refractivity contribution is -0.135. The summed E-state index contributed by atoms with van der Waals surface area (Å²) in [4.78, 5) is 13.7. The molecular formula is C11H23N3O3. The molecule has 6 nitrogen and oxygen atoms in total. The van der Waals surface area contributed by atoms with E-state index in [2.05, 4.69) is 5.16 Å². The number of oxime groups is 1. The average molecular weight is 245 g/mol. The molecule has 0 saturated carbocycles. The summed E-state index contributed by atoms with van der Waals surface area (Å²) in [5, 5.41) is 20.5. The number of rotatable bonds is 7. The van der Waals surface area contributed by atoms with Crippen LogP contribution in [0.2, 0.25) is 0 Å². The topological polar surface area (TPSA) is 99.2 Å². The highest BCUT2D eigenvalue weighted by Crippen LogP contribution is 2.13. The van der Waals surface area contributed by atoms with Gasteiger partial charge in [-0.2, -0.15) is 0 Å². The molecule has 1 atom stereocenters. The second-order valence-corrected chi connectivity index (χ2v) is 4.22. The van der Waals surface area contributed by atoms with Gasteiger partial charge in [0.1, 0.15) is 0 Å². The maximum absolute atomic E-state index is 12.2. The first kappa shape index (κ1) is 15.7. The van der Waals surface area contributed by atoms with Crippen LogP contribution in [0.5, 0.6) is 0 Å². The van der Waals surface area contributed by atoms with Crippen LogP contribution in [-0.2, 0) is 4.79 Å². The van der Waals surface area contributed by atoms with Crippen LogP contribution in [0.15, 0.2) is 5.16 Å². The molecule has 0 aromatic rings. The summed E-state index contributed by atoms with van der Waals surface area (Å²) in [5.74, 6) is -0.884. The predicted octanol–water partition coefficient (Wildman–Crippen LogP) is 0.378. The molecular weight excluding hydrogens is 222 g/mol. The molecule has 4 N–H and O–H groups in total. The molecule has 0 aliphatic heterocycles. The van der Waals surface area contributed by atoms with E-state index in [1.165, 1.54) is 0 Å². The Hall–Kier alpha value is -1.30. The van der Waals surface area contributed by atoms with Crippen LogP contribution in [-0.4, -0.2) is 46.1 Å². The fourth-order valence-corrected chi connectivity index (χ4v) is 1.69. The van der Waals surface area contributed by atoms with Gasteiger partial charge >= 0.3 is 0 Å². The number of hydrogen-bond acceptors (Lipinski definition) is 4. The molecule has 0 saturated heterocycles. The fourth-order valence-electron chi connectivity index (χ4n) is 1.69. The average Bonchev–Trinajstić information content (AvgIpc) is 2.30. The fraction of sp³-hybridized carbons (Fsp3) is 0.818. The van der Waals surface area contributed by atoms with E-state index < -0.39 is 5.92 Å². The minimum absolute atomic E-state index is 0.0273. The number of nitrogens with two attached hydrogens (primary N) is 1. The van der Waals surface area contributed by atoms with Crippen LogP contribution >= 0.6 is 0 Å². The molecule has 0 aliphatic rings. The smallest absolute Gasteiger partial charge is 0.233 e. The second-order valence-electron chi connectivity index (χ2n) is 4.22. The van der Waals surface area contributed by atoms with E-state index in [-0.39, 0.29) is 30.9 Å². The summed E-state index contributed by atoms with van der Waals surface area (Å²) in [6.07, 6.45) is 1.29. The Morgan fingerprint density at radius 3 is 2.41 bits per heavy atom. The summed E-state index contributed by atoms with van der Waals surface area (Å²) < 4.78 is 0. The van der Waals surface area contributed by atoms with Crippen molar-refractivity contribution in [3.8, 4) is 0 Å². The van der Waals surface area contributed by atoms with E-state index in [9.17, 15) is 4.79 Å². The van der Waals surface area contributed by atoms with E-state index in [1.54, 1.807) is 4.90 Å². The first-order valence-electron chi connectivity index (χ1n) is 5.88. The molecule has 0 bridgehead atoms. The zero-order valence-corrected chi connectivity index (χ0v) is 10.8. The van der Waals surface area contributed by atoms with E-state index in [4.69, 9.17) is 16.0 Å². The summed E-state index contributed by atoms with van der Waals surface area (Å²) in [7, 11) is 0. The quantitative estimate of drug-likeness (QED) is 0.261. The first-order valence-corrected chi connectivity index (χ1v) is 5.88. The lowest BCUT2D eigenvalue weighted by Gasteiger charge is -2.29. The molecule has 0 aromatic carbocycles. The number of hydrogen-bond donors (Lipinski definition) is 3. The molecule has 0 spiro atoms. The van der Waals surface area contributed by atoms with Crippen molar-refractivity contribution in [1.82, 2.24) is 4.90 Å². The molecule has 0 aliphatic carbocycles. The number of aliphatic hydroxyl groups is 1. The Balaban J connectivity index is 4.90. The summed E-state index contributed by atoms with van der Waals surface area (Å²) >= 11 is 0.